The molecular formula is C14H14F3N3. The van der Waals surface area contributed by atoms with Crippen LogP contribution in [0.15, 0.2) is 30.3 Å². The van der Waals surface area contributed by atoms with Gasteiger partial charge in [-0.3, -0.25) is 0 Å². The largest absolute Gasteiger partial charge is 0.410 e. The van der Waals surface area contributed by atoms with Crippen molar-refractivity contribution in [3.63, 3.8) is 0 Å². The second-order valence-electron chi connectivity index (χ2n) is 5.00. The molecule has 2 aromatic rings. The average Bonchev–Trinajstić information content (AvgIpc) is 2.81. The van der Waals surface area contributed by atoms with Gasteiger partial charge in [-0.25, -0.2) is 4.68 Å². The summed E-state index contributed by atoms with van der Waals surface area (Å²) in [6.07, 6.45) is -4.26. The Hall–Kier alpha value is -1.98. The first-order chi connectivity index (χ1) is 9.45. The molecule has 6 heteroatoms. The van der Waals surface area contributed by atoms with Crippen LogP contribution in [0, 0.1) is 6.92 Å². The van der Waals surface area contributed by atoms with Crippen LogP contribution in [0.2, 0.25) is 0 Å². The maximum absolute atomic E-state index is 13.0. The molecule has 0 saturated heterocycles. The molecule has 106 valence electrons. The van der Waals surface area contributed by atoms with Crippen LogP contribution in [0.4, 0.5) is 19.0 Å². The van der Waals surface area contributed by atoms with E-state index in [4.69, 9.17) is 0 Å². The van der Waals surface area contributed by atoms with Gasteiger partial charge in [0.2, 0.25) is 0 Å². The van der Waals surface area contributed by atoms with Crippen LogP contribution >= 0.6 is 0 Å². The highest BCUT2D eigenvalue weighted by Gasteiger charge is 2.43. The van der Waals surface area contributed by atoms with Crippen LogP contribution in [0.1, 0.15) is 18.0 Å². The minimum atomic E-state index is -4.27. The van der Waals surface area contributed by atoms with Gasteiger partial charge in [-0.1, -0.05) is 29.8 Å². The van der Waals surface area contributed by atoms with Crippen molar-refractivity contribution >= 4 is 5.82 Å². The number of alkyl halides is 3. The van der Waals surface area contributed by atoms with Gasteiger partial charge in [-0.15, -0.1) is 0 Å². The third kappa shape index (κ3) is 2.26. The summed E-state index contributed by atoms with van der Waals surface area (Å²) < 4.78 is 40.0. The Morgan fingerprint density at radius 3 is 2.60 bits per heavy atom. The lowest BCUT2D eigenvalue weighted by Crippen LogP contribution is -2.33. The summed E-state index contributed by atoms with van der Waals surface area (Å²) in [5.74, 6) is 0.425. The molecule has 0 fully saturated rings. The van der Waals surface area contributed by atoms with E-state index in [9.17, 15) is 13.2 Å². The van der Waals surface area contributed by atoms with Crippen LogP contribution in [0.5, 0.6) is 0 Å². The van der Waals surface area contributed by atoms with Crippen molar-refractivity contribution in [2.24, 2.45) is 0 Å². The van der Waals surface area contributed by atoms with E-state index in [2.05, 4.69) is 10.4 Å². The molecule has 20 heavy (non-hydrogen) atoms. The number of halogens is 3. The number of aromatic nitrogens is 2. The van der Waals surface area contributed by atoms with E-state index in [1.807, 2.05) is 31.2 Å². The van der Waals surface area contributed by atoms with Crippen molar-refractivity contribution in [3.8, 4) is 11.3 Å². The highest BCUT2D eigenvalue weighted by Crippen LogP contribution is 2.38. The highest BCUT2D eigenvalue weighted by molar-refractivity contribution is 5.63. The summed E-state index contributed by atoms with van der Waals surface area (Å²) in [6.45, 7) is 2.27. The Balaban J connectivity index is 2.01. The normalized spacial score (nSPS) is 18.5. The monoisotopic (exact) mass is 281 g/mol. The Labute approximate surface area is 114 Å². The topological polar surface area (TPSA) is 29.9 Å². The summed E-state index contributed by atoms with van der Waals surface area (Å²) in [7, 11) is 0. The number of rotatable bonds is 1. The molecular weight excluding hydrogens is 267 g/mol. The Bertz CT molecular complexity index is 614. The fourth-order valence-corrected chi connectivity index (χ4v) is 2.39. The molecule has 0 radical (unpaired) electrons. The first-order valence-corrected chi connectivity index (χ1v) is 6.42. The molecule has 1 aromatic heterocycles. The zero-order valence-corrected chi connectivity index (χ0v) is 10.9. The van der Waals surface area contributed by atoms with Gasteiger partial charge in [-0.05, 0) is 13.3 Å². The summed E-state index contributed by atoms with van der Waals surface area (Å²) in [6, 6.07) is 7.70. The molecule has 0 amide bonds. The maximum atomic E-state index is 13.0. The number of nitrogens with one attached hydrogen (secondary N) is 1. The Morgan fingerprint density at radius 2 is 1.95 bits per heavy atom. The molecule has 1 aliphatic heterocycles. The first-order valence-electron chi connectivity index (χ1n) is 6.42. The third-order valence-corrected chi connectivity index (χ3v) is 3.48. The minimum Gasteiger partial charge on any atom is -0.370 e. The average molecular weight is 281 g/mol. The van der Waals surface area contributed by atoms with Gasteiger partial charge in [-0.2, -0.15) is 18.3 Å². The van der Waals surface area contributed by atoms with Crippen molar-refractivity contribution in [1.29, 1.82) is 0 Å². The van der Waals surface area contributed by atoms with Gasteiger partial charge in [0.15, 0.2) is 6.04 Å². The number of benzene rings is 1. The molecule has 1 aromatic carbocycles. The van der Waals surface area contributed by atoms with Crippen molar-refractivity contribution < 1.29 is 13.2 Å². The number of aryl methyl sites for hydroxylation is 1. The molecule has 1 N–H and O–H groups in total. The van der Waals surface area contributed by atoms with E-state index in [0.717, 1.165) is 15.8 Å². The summed E-state index contributed by atoms with van der Waals surface area (Å²) in [4.78, 5) is 0. The number of fused-ring (bicyclic) bond motifs is 1. The smallest absolute Gasteiger partial charge is 0.370 e. The standard InChI is InChI=1S/C14H14F3N3/c1-9-2-4-10(5-3-9)11-8-13-18-7-6-12(14(15,16)17)20(13)19-11/h2-5,8,12,18H,6-7H2,1H3. The zero-order chi connectivity index (χ0) is 14.3. The second kappa shape index (κ2) is 4.54. The number of anilines is 1. The number of nitrogens with zero attached hydrogens (tertiary/aromatic N) is 2. The van der Waals surface area contributed by atoms with E-state index in [0.29, 0.717) is 18.1 Å². The fourth-order valence-electron chi connectivity index (χ4n) is 2.39. The highest BCUT2D eigenvalue weighted by atomic mass is 19.4. The van der Waals surface area contributed by atoms with Gasteiger partial charge in [0, 0.05) is 18.2 Å². The summed E-state index contributed by atoms with van der Waals surface area (Å²) in [5, 5.41) is 7.10. The maximum Gasteiger partial charge on any atom is 0.410 e. The lowest BCUT2D eigenvalue weighted by Gasteiger charge is -2.27. The van der Waals surface area contributed by atoms with Crippen molar-refractivity contribution in [2.45, 2.75) is 25.6 Å². The summed E-state index contributed by atoms with van der Waals surface area (Å²) in [5.41, 5.74) is 2.48. The van der Waals surface area contributed by atoms with E-state index in [-0.39, 0.29) is 6.42 Å². The third-order valence-electron chi connectivity index (χ3n) is 3.48. The lowest BCUT2D eigenvalue weighted by molar-refractivity contribution is -0.171. The van der Waals surface area contributed by atoms with Crippen LogP contribution < -0.4 is 5.32 Å². The van der Waals surface area contributed by atoms with Crippen LogP contribution in [-0.4, -0.2) is 22.5 Å². The van der Waals surface area contributed by atoms with Crippen molar-refractivity contribution in [1.82, 2.24) is 9.78 Å². The molecule has 0 aliphatic carbocycles. The molecule has 1 atom stereocenters. The molecule has 2 heterocycles. The molecule has 1 aliphatic rings. The predicted octanol–water partition coefficient (Wildman–Crippen LogP) is 3.78. The molecule has 0 bridgehead atoms. The van der Waals surface area contributed by atoms with Gasteiger partial charge in [0.25, 0.3) is 0 Å². The SMILES string of the molecule is Cc1ccc(-c2cc3n(n2)C(C(F)(F)F)CCN3)cc1. The van der Waals surface area contributed by atoms with E-state index in [1.54, 1.807) is 6.07 Å². The van der Waals surface area contributed by atoms with Gasteiger partial charge in [0.1, 0.15) is 5.82 Å². The molecule has 3 rings (SSSR count). The zero-order valence-electron chi connectivity index (χ0n) is 10.9. The van der Waals surface area contributed by atoms with E-state index >= 15 is 0 Å². The van der Waals surface area contributed by atoms with Crippen molar-refractivity contribution in [2.75, 3.05) is 11.9 Å². The number of hydrogen-bond donors (Lipinski definition) is 1. The Kier molecular flexibility index (Phi) is 2.96. The van der Waals surface area contributed by atoms with Gasteiger partial charge < -0.3 is 5.32 Å². The molecule has 0 spiro atoms. The molecule has 3 nitrogen and oxygen atoms in total. The van der Waals surface area contributed by atoms with Gasteiger partial charge in [0.05, 0.1) is 5.69 Å². The van der Waals surface area contributed by atoms with E-state index in [1.165, 1.54) is 0 Å². The Morgan fingerprint density at radius 1 is 1.25 bits per heavy atom. The van der Waals surface area contributed by atoms with Gasteiger partial charge >= 0.3 is 6.18 Å². The van der Waals surface area contributed by atoms with Crippen molar-refractivity contribution in [3.05, 3.63) is 35.9 Å². The first kappa shape index (κ1) is 13.0. The molecule has 1 unspecified atom stereocenters. The second-order valence-corrected chi connectivity index (χ2v) is 5.00. The fraction of sp³-hybridized carbons (Fsp3) is 0.357. The lowest BCUT2D eigenvalue weighted by atomic mass is 10.1. The quantitative estimate of drug-likeness (QED) is 0.862. The predicted molar refractivity (Wildman–Crippen MR) is 70.6 cm³/mol. The van der Waals surface area contributed by atoms with Crippen LogP contribution in [0.25, 0.3) is 11.3 Å². The van der Waals surface area contributed by atoms with Crippen LogP contribution in [0.3, 0.4) is 0 Å². The van der Waals surface area contributed by atoms with E-state index < -0.39 is 12.2 Å². The summed E-state index contributed by atoms with van der Waals surface area (Å²) >= 11 is 0. The van der Waals surface area contributed by atoms with Crippen LogP contribution in [-0.2, 0) is 0 Å². The minimum absolute atomic E-state index is 0.00547. The number of hydrogen-bond acceptors (Lipinski definition) is 2. The molecule has 0 saturated carbocycles.